The highest BCUT2D eigenvalue weighted by atomic mass is 32.2. The van der Waals surface area contributed by atoms with Crippen LogP contribution in [0, 0.1) is 0 Å². The Labute approximate surface area is 127 Å². The summed E-state index contributed by atoms with van der Waals surface area (Å²) in [5, 5.41) is 6.19. The van der Waals surface area contributed by atoms with Crippen molar-refractivity contribution in [3.63, 3.8) is 0 Å². The lowest BCUT2D eigenvalue weighted by molar-refractivity contribution is 0.356. The summed E-state index contributed by atoms with van der Waals surface area (Å²) in [5.74, 6) is -0.303. The summed E-state index contributed by atoms with van der Waals surface area (Å²) in [4.78, 5) is 0. The number of ether oxygens (including phenoxy) is 1. The molecule has 0 amide bonds. The van der Waals surface area contributed by atoms with E-state index in [4.69, 9.17) is 9.29 Å². The minimum atomic E-state index is -4.18. The highest BCUT2D eigenvalue weighted by Crippen LogP contribution is 2.39. The van der Waals surface area contributed by atoms with E-state index in [0.717, 1.165) is 32.3 Å². The van der Waals surface area contributed by atoms with Gasteiger partial charge < -0.3 is 4.74 Å². The van der Waals surface area contributed by atoms with Crippen molar-refractivity contribution in [1.29, 1.82) is 0 Å². The van der Waals surface area contributed by atoms with Crippen LogP contribution in [0.25, 0.3) is 32.3 Å². The first kappa shape index (κ1) is 13.3. The van der Waals surface area contributed by atoms with Gasteiger partial charge in [-0.1, -0.05) is 48.5 Å². The van der Waals surface area contributed by atoms with E-state index in [-0.39, 0.29) is 0 Å². The van der Waals surface area contributed by atoms with Crippen LogP contribution < -0.4 is 4.74 Å². The normalized spacial score (nSPS) is 12.4. The second-order valence-corrected chi connectivity index (χ2v) is 6.67. The van der Waals surface area contributed by atoms with Gasteiger partial charge in [0.2, 0.25) is 5.94 Å². The molecule has 0 aliphatic heterocycles. The summed E-state index contributed by atoms with van der Waals surface area (Å²) < 4.78 is 36.2. The van der Waals surface area contributed by atoms with Crippen LogP contribution in [0.15, 0.2) is 54.6 Å². The maximum absolute atomic E-state index is 11.0. The van der Waals surface area contributed by atoms with Crippen LogP contribution >= 0.6 is 0 Å². The van der Waals surface area contributed by atoms with Crippen molar-refractivity contribution in [2.24, 2.45) is 0 Å². The monoisotopic (exact) mass is 312 g/mol. The number of rotatable bonds is 3. The van der Waals surface area contributed by atoms with E-state index >= 15 is 0 Å². The van der Waals surface area contributed by atoms with Crippen molar-refractivity contribution in [2.75, 3.05) is 5.94 Å². The number of benzene rings is 4. The highest BCUT2D eigenvalue weighted by molar-refractivity contribution is 7.85. The molecule has 5 heteroatoms. The van der Waals surface area contributed by atoms with Gasteiger partial charge in [-0.25, -0.2) is 0 Å². The van der Waals surface area contributed by atoms with Crippen molar-refractivity contribution in [2.45, 2.75) is 0 Å². The quantitative estimate of drug-likeness (QED) is 0.461. The van der Waals surface area contributed by atoms with E-state index in [1.807, 2.05) is 48.5 Å². The summed E-state index contributed by atoms with van der Waals surface area (Å²) in [7, 11) is -4.18. The lowest BCUT2D eigenvalue weighted by atomic mass is 9.94. The molecule has 0 saturated heterocycles. The van der Waals surface area contributed by atoms with Gasteiger partial charge in [0.25, 0.3) is 0 Å². The zero-order valence-electron chi connectivity index (χ0n) is 11.5. The van der Waals surface area contributed by atoms with Gasteiger partial charge in [0.05, 0.1) is 0 Å². The third-order valence-electron chi connectivity index (χ3n) is 3.83. The topological polar surface area (TPSA) is 63.6 Å². The molecule has 110 valence electrons. The smallest absolute Gasteiger partial charge is 0.300 e. The van der Waals surface area contributed by atoms with Gasteiger partial charge in [0.1, 0.15) is 5.75 Å². The second-order valence-electron chi connectivity index (χ2n) is 5.27. The van der Waals surface area contributed by atoms with Crippen molar-refractivity contribution < 1.29 is 17.7 Å². The Kier molecular flexibility index (Phi) is 2.76. The molecule has 1 N–H and O–H groups in total. The van der Waals surface area contributed by atoms with E-state index in [9.17, 15) is 8.42 Å². The lowest BCUT2D eigenvalue weighted by Gasteiger charge is -2.14. The summed E-state index contributed by atoms with van der Waals surface area (Å²) >= 11 is 0. The molecule has 0 aliphatic carbocycles. The van der Waals surface area contributed by atoms with Crippen LogP contribution in [0.4, 0.5) is 0 Å². The van der Waals surface area contributed by atoms with Crippen LogP contribution in [0.1, 0.15) is 0 Å². The van der Waals surface area contributed by atoms with Crippen LogP contribution in [-0.2, 0) is 10.1 Å². The Morgan fingerprint density at radius 3 is 2.23 bits per heavy atom. The Hall–Kier alpha value is -2.37. The minimum absolute atomic E-state index is 0.453. The van der Waals surface area contributed by atoms with Gasteiger partial charge in [-0.2, -0.15) is 8.42 Å². The molecule has 0 heterocycles. The molecule has 0 saturated carbocycles. The third-order valence-corrected chi connectivity index (χ3v) is 4.25. The fraction of sp³-hybridized carbons (Fsp3) is 0.0588. The van der Waals surface area contributed by atoms with Crippen LogP contribution in [0.5, 0.6) is 5.75 Å². The average Bonchev–Trinajstić information content (AvgIpc) is 2.50. The summed E-state index contributed by atoms with van der Waals surface area (Å²) in [6.45, 7) is 0. The van der Waals surface area contributed by atoms with E-state index in [2.05, 4.69) is 6.07 Å². The first-order valence-corrected chi connectivity index (χ1v) is 8.38. The lowest BCUT2D eigenvalue weighted by Crippen LogP contribution is -2.10. The maximum atomic E-state index is 11.0. The molecule has 0 fully saturated rings. The molecule has 4 aromatic carbocycles. The first-order chi connectivity index (χ1) is 10.5. The molecule has 22 heavy (non-hydrogen) atoms. The Balaban J connectivity index is 2.08. The third kappa shape index (κ3) is 2.06. The van der Waals surface area contributed by atoms with Crippen LogP contribution in [-0.4, -0.2) is 18.9 Å². The van der Waals surface area contributed by atoms with E-state index in [1.165, 1.54) is 0 Å². The fourth-order valence-corrected chi connectivity index (χ4v) is 3.26. The predicted molar refractivity (Wildman–Crippen MR) is 87.2 cm³/mol. The zero-order chi connectivity index (χ0) is 15.3. The Bertz CT molecular complexity index is 1100. The van der Waals surface area contributed by atoms with Crippen molar-refractivity contribution >= 4 is 42.4 Å². The first-order valence-electron chi connectivity index (χ1n) is 6.77. The molecular formula is C17H12O4S. The van der Waals surface area contributed by atoms with Crippen LogP contribution in [0.3, 0.4) is 0 Å². The molecule has 4 rings (SSSR count). The SMILES string of the molecule is O=S(=O)(O)COc1cc2cccc3ccc4cccc1c4c32. The average molecular weight is 312 g/mol. The van der Waals surface area contributed by atoms with Crippen molar-refractivity contribution in [3.8, 4) is 5.75 Å². The molecule has 4 aromatic rings. The summed E-state index contributed by atoms with van der Waals surface area (Å²) in [5.41, 5.74) is 0. The van der Waals surface area contributed by atoms with Gasteiger partial charge in [0, 0.05) is 10.8 Å². The maximum Gasteiger partial charge on any atom is 0.300 e. The van der Waals surface area contributed by atoms with Gasteiger partial charge in [0.15, 0.2) is 0 Å². The Morgan fingerprint density at radius 1 is 0.864 bits per heavy atom. The molecule has 0 bridgehead atoms. The summed E-state index contributed by atoms with van der Waals surface area (Å²) in [6.07, 6.45) is 0. The van der Waals surface area contributed by atoms with E-state index in [0.29, 0.717) is 5.75 Å². The number of hydrogen-bond acceptors (Lipinski definition) is 3. The zero-order valence-corrected chi connectivity index (χ0v) is 12.3. The molecule has 0 spiro atoms. The fourth-order valence-electron chi connectivity index (χ4n) is 2.99. The van der Waals surface area contributed by atoms with Gasteiger partial charge in [-0.15, -0.1) is 0 Å². The standard InChI is InChI=1S/C17H12O4S/c18-22(19,20)10-21-15-9-13-5-1-3-11-7-8-12-4-2-6-14(15)17(12)16(11)13/h1-9H,10H2,(H,18,19,20). The molecule has 0 unspecified atom stereocenters. The van der Waals surface area contributed by atoms with Gasteiger partial charge in [-0.05, 0) is 27.6 Å². The molecular weight excluding hydrogens is 300 g/mol. The molecule has 0 aliphatic rings. The highest BCUT2D eigenvalue weighted by Gasteiger charge is 2.14. The predicted octanol–water partition coefficient (Wildman–Crippen LogP) is 3.81. The van der Waals surface area contributed by atoms with Crippen molar-refractivity contribution in [3.05, 3.63) is 54.6 Å². The van der Waals surface area contributed by atoms with Gasteiger partial charge >= 0.3 is 10.1 Å². The molecule has 4 nitrogen and oxygen atoms in total. The van der Waals surface area contributed by atoms with E-state index in [1.54, 1.807) is 0 Å². The molecule has 0 aromatic heterocycles. The number of hydrogen-bond donors (Lipinski definition) is 1. The minimum Gasteiger partial charge on any atom is -0.475 e. The molecule has 0 atom stereocenters. The second kappa shape index (κ2) is 4.56. The van der Waals surface area contributed by atoms with Gasteiger partial charge in [-0.3, -0.25) is 4.55 Å². The van der Waals surface area contributed by atoms with Crippen molar-refractivity contribution in [1.82, 2.24) is 0 Å². The molecule has 0 radical (unpaired) electrons. The summed E-state index contributed by atoms with van der Waals surface area (Å²) in [6, 6.07) is 17.7. The van der Waals surface area contributed by atoms with Crippen LogP contribution in [0.2, 0.25) is 0 Å². The largest absolute Gasteiger partial charge is 0.475 e. The Morgan fingerprint density at radius 2 is 1.50 bits per heavy atom. The van der Waals surface area contributed by atoms with E-state index < -0.39 is 16.1 Å².